The van der Waals surface area contributed by atoms with Crippen molar-refractivity contribution in [1.82, 2.24) is 0 Å². The van der Waals surface area contributed by atoms with Crippen LogP contribution in [0.3, 0.4) is 0 Å². The highest BCUT2D eigenvalue weighted by molar-refractivity contribution is 9.10. The van der Waals surface area contributed by atoms with Crippen LogP contribution < -0.4 is 0 Å². The van der Waals surface area contributed by atoms with E-state index >= 15 is 0 Å². The van der Waals surface area contributed by atoms with Gasteiger partial charge in [-0.1, -0.05) is 28.1 Å². The van der Waals surface area contributed by atoms with Crippen LogP contribution in [0.25, 0.3) is 0 Å². The molecule has 0 bridgehead atoms. The summed E-state index contributed by atoms with van der Waals surface area (Å²) in [4.78, 5) is 22.7. The molecule has 5 heteroatoms. The van der Waals surface area contributed by atoms with Crippen LogP contribution in [0.2, 0.25) is 0 Å². The second-order valence-corrected chi connectivity index (χ2v) is 6.14. The molecule has 1 unspecified atom stereocenters. The highest BCUT2D eigenvalue weighted by Crippen LogP contribution is 2.15. The van der Waals surface area contributed by atoms with Crippen LogP contribution >= 0.6 is 15.9 Å². The van der Waals surface area contributed by atoms with Gasteiger partial charge in [0.2, 0.25) is 0 Å². The lowest BCUT2D eigenvalue weighted by atomic mass is 10.1. The Hall–Kier alpha value is -1.36. The second-order valence-electron chi connectivity index (χ2n) is 5.03. The summed E-state index contributed by atoms with van der Waals surface area (Å²) in [5.41, 5.74) is 1.67. The van der Waals surface area contributed by atoms with Gasteiger partial charge < -0.3 is 9.47 Å². The molecule has 1 rings (SSSR count). The summed E-state index contributed by atoms with van der Waals surface area (Å²) in [6.45, 7) is 3.67. The van der Waals surface area contributed by atoms with Gasteiger partial charge in [-0.2, -0.15) is 0 Å². The zero-order valence-electron chi connectivity index (χ0n) is 12.6. The van der Waals surface area contributed by atoms with Gasteiger partial charge in [0, 0.05) is 0 Å². The highest BCUT2D eigenvalue weighted by Gasteiger charge is 2.17. The van der Waals surface area contributed by atoms with E-state index in [9.17, 15) is 9.59 Å². The number of carbonyl (C=O) groups excluding carboxylic acids is 2. The van der Waals surface area contributed by atoms with Gasteiger partial charge in [-0.25, -0.2) is 4.79 Å². The Morgan fingerprint density at radius 1 is 1.19 bits per heavy atom. The Morgan fingerprint density at radius 2 is 1.81 bits per heavy atom. The number of carbonyl (C=O) groups is 2. The molecule has 116 valence electrons. The summed E-state index contributed by atoms with van der Waals surface area (Å²) >= 11 is 3.35. The lowest BCUT2D eigenvalue weighted by molar-refractivity contribution is -0.146. The van der Waals surface area contributed by atoms with E-state index in [0.717, 1.165) is 18.4 Å². The summed E-state index contributed by atoms with van der Waals surface area (Å²) in [5, 5.41) is 0. The smallest absolute Gasteiger partial charge is 0.337 e. The van der Waals surface area contributed by atoms with Crippen molar-refractivity contribution < 1.29 is 19.1 Å². The monoisotopic (exact) mass is 356 g/mol. The Balaban J connectivity index is 2.38. The topological polar surface area (TPSA) is 52.6 Å². The van der Waals surface area contributed by atoms with Gasteiger partial charge in [-0.05, 0) is 50.8 Å². The summed E-state index contributed by atoms with van der Waals surface area (Å²) in [6, 6.07) is 7.31. The molecule has 0 heterocycles. The number of halogens is 1. The largest absolute Gasteiger partial charge is 0.465 e. The molecule has 1 aromatic rings. The zero-order chi connectivity index (χ0) is 15.8. The number of esters is 2. The molecule has 0 fully saturated rings. The predicted molar refractivity (Wildman–Crippen MR) is 84.7 cm³/mol. The van der Waals surface area contributed by atoms with E-state index in [-0.39, 0.29) is 22.9 Å². The first-order valence-corrected chi connectivity index (χ1v) is 7.87. The van der Waals surface area contributed by atoms with Crippen molar-refractivity contribution in [3.8, 4) is 0 Å². The number of benzene rings is 1. The lowest BCUT2D eigenvalue weighted by Crippen LogP contribution is -2.21. The SMILES string of the molecule is COC(=O)c1ccc(CCCC(Br)C(=O)OC(C)C)cc1. The van der Waals surface area contributed by atoms with Gasteiger partial charge in [0.1, 0.15) is 4.83 Å². The van der Waals surface area contributed by atoms with Crippen molar-refractivity contribution in [1.29, 1.82) is 0 Å². The molecule has 0 N–H and O–H groups in total. The molecule has 0 aliphatic rings. The average molecular weight is 357 g/mol. The highest BCUT2D eigenvalue weighted by atomic mass is 79.9. The number of ether oxygens (including phenoxy) is 2. The average Bonchev–Trinajstić information content (AvgIpc) is 2.46. The molecular weight excluding hydrogens is 336 g/mol. The fourth-order valence-electron chi connectivity index (χ4n) is 1.83. The minimum absolute atomic E-state index is 0.0941. The molecule has 1 atom stereocenters. The van der Waals surface area contributed by atoms with Crippen LogP contribution in [0.15, 0.2) is 24.3 Å². The molecule has 0 aromatic heterocycles. The van der Waals surface area contributed by atoms with Gasteiger partial charge >= 0.3 is 11.9 Å². The summed E-state index contributed by atoms with van der Waals surface area (Å²) in [5.74, 6) is -0.551. The van der Waals surface area contributed by atoms with E-state index in [1.165, 1.54) is 7.11 Å². The Morgan fingerprint density at radius 3 is 2.33 bits per heavy atom. The van der Waals surface area contributed by atoms with Gasteiger partial charge in [0.15, 0.2) is 0 Å². The van der Waals surface area contributed by atoms with Crippen molar-refractivity contribution in [2.24, 2.45) is 0 Å². The maximum atomic E-state index is 11.6. The fraction of sp³-hybridized carbons (Fsp3) is 0.500. The quantitative estimate of drug-likeness (QED) is 0.554. The van der Waals surface area contributed by atoms with E-state index in [4.69, 9.17) is 4.74 Å². The lowest BCUT2D eigenvalue weighted by Gasteiger charge is -2.12. The number of alkyl halides is 1. The van der Waals surface area contributed by atoms with Gasteiger partial charge in [-0.15, -0.1) is 0 Å². The first-order valence-electron chi connectivity index (χ1n) is 6.96. The minimum atomic E-state index is -0.335. The normalized spacial score (nSPS) is 12.0. The first-order chi connectivity index (χ1) is 9.93. The van der Waals surface area contributed by atoms with E-state index < -0.39 is 0 Å². The van der Waals surface area contributed by atoms with Gasteiger partial charge in [-0.3, -0.25) is 4.79 Å². The Labute approximate surface area is 133 Å². The number of hydrogen-bond donors (Lipinski definition) is 0. The summed E-state index contributed by atoms with van der Waals surface area (Å²) < 4.78 is 9.78. The van der Waals surface area contributed by atoms with Crippen molar-refractivity contribution in [3.63, 3.8) is 0 Å². The molecule has 0 aliphatic heterocycles. The number of hydrogen-bond acceptors (Lipinski definition) is 4. The minimum Gasteiger partial charge on any atom is -0.465 e. The molecule has 0 aliphatic carbocycles. The van der Waals surface area contributed by atoms with Crippen LogP contribution in [0, 0.1) is 0 Å². The van der Waals surface area contributed by atoms with Crippen molar-refractivity contribution >= 4 is 27.9 Å². The van der Waals surface area contributed by atoms with Crippen molar-refractivity contribution in [3.05, 3.63) is 35.4 Å². The van der Waals surface area contributed by atoms with E-state index in [2.05, 4.69) is 20.7 Å². The predicted octanol–water partition coefficient (Wildman–Crippen LogP) is 3.51. The molecular formula is C16H21BrO4. The molecule has 0 radical (unpaired) electrons. The van der Waals surface area contributed by atoms with Gasteiger partial charge in [0.05, 0.1) is 18.8 Å². The summed E-state index contributed by atoms with van der Waals surface area (Å²) in [7, 11) is 1.36. The molecule has 0 spiro atoms. The third-order valence-corrected chi connectivity index (χ3v) is 3.74. The van der Waals surface area contributed by atoms with E-state index in [1.807, 2.05) is 26.0 Å². The first kappa shape index (κ1) is 17.7. The second kappa shape index (κ2) is 8.82. The van der Waals surface area contributed by atoms with E-state index in [1.54, 1.807) is 12.1 Å². The van der Waals surface area contributed by atoms with Crippen molar-refractivity contribution in [2.75, 3.05) is 7.11 Å². The molecule has 21 heavy (non-hydrogen) atoms. The zero-order valence-corrected chi connectivity index (χ0v) is 14.2. The molecule has 4 nitrogen and oxygen atoms in total. The third kappa shape index (κ3) is 6.29. The van der Waals surface area contributed by atoms with Crippen LogP contribution in [-0.4, -0.2) is 30.0 Å². The van der Waals surface area contributed by atoms with Crippen LogP contribution in [0.1, 0.15) is 42.6 Å². The fourth-order valence-corrected chi connectivity index (χ4v) is 2.27. The standard InChI is InChI=1S/C16H21BrO4/c1-11(2)21-16(19)14(17)6-4-5-12-7-9-13(10-8-12)15(18)20-3/h7-11,14H,4-6H2,1-3H3. The van der Waals surface area contributed by atoms with Gasteiger partial charge in [0.25, 0.3) is 0 Å². The number of methoxy groups -OCH3 is 1. The molecule has 0 saturated heterocycles. The van der Waals surface area contributed by atoms with Crippen LogP contribution in [-0.2, 0) is 20.7 Å². The number of aryl methyl sites for hydroxylation is 1. The molecule has 0 amide bonds. The van der Waals surface area contributed by atoms with Crippen LogP contribution in [0.4, 0.5) is 0 Å². The Kier molecular flexibility index (Phi) is 7.43. The van der Waals surface area contributed by atoms with E-state index in [0.29, 0.717) is 12.0 Å². The molecule has 1 aromatic carbocycles. The maximum Gasteiger partial charge on any atom is 0.337 e. The Bertz CT molecular complexity index is 468. The van der Waals surface area contributed by atoms with Crippen LogP contribution in [0.5, 0.6) is 0 Å². The third-order valence-electron chi connectivity index (χ3n) is 2.91. The summed E-state index contributed by atoms with van der Waals surface area (Å²) in [6.07, 6.45) is 2.33. The maximum absolute atomic E-state index is 11.6. The van der Waals surface area contributed by atoms with Crippen molar-refractivity contribution in [2.45, 2.75) is 44.0 Å². The molecule has 0 saturated carbocycles. The number of rotatable bonds is 7.